The van der Waals surface area contributed by atoms with Gasteiger partial charge in [0.25, 0.3) is 0 Å². The molecule has 0 radical (unpaired) electrons. The second kappa shape index (κ2) is 7.85. The van der Waals surface area contributed by atoms with E-state index >= 15 is 0 Å². The van der Waals surface area contributed by atoms with Crippen LogP contribution in [0.2, 0.25) is 0 Å². The van der Waals surface area contributed by atoms with Crippen molar-refractivity contribution in [2.75, 3.05) is 7.11 Å². The molecule has 132 valence electrons. The molecule has 26 heavy (non-hydrogen) atoms. The van der Waals surface area contributed by atoms with E-state index in [9.17, 15) is 4.79 Å². The smallest absolute Gasteiger partial charge is 0.345 e. The zero-order valence-electron chi connectivity index (χ0n) is 13.5. The summed E-state index contributed by atoms with van der Waals surface area (Å²) in [5, 5.41) is 9.58. The van der Waals surface area contributed by atoms with Gasteiger partial charge in [0.15, 0.2) is 11.5 Å². The highest BCUT2D eigenvalue weighted by molar-refractivity contribution is 7.72. The van der Waals surface area contributed by atoms with E-state index in [1.807, 2.05) is 0 Å². The summed E-state index contributed by atoms with van der Waals surface area (Å²) in [6.07, 6.45) is 4.57. The molecule has 0 aliphatic rings. The number of rotatable bonds is 5. The number of aromatic nitrogens is 4. The predicted molar refractivity (Wildman–Crippen MR) is 100.0 cm³/mol. The highest BCUT2D eigenvalue weighted by Gasteiger charge is 2.12. The van der Waals surface area contributed by atoms with Crippen LogP contribution in [0.15, 0.2) is 47.8 Å². The molecule has 2 aromatic heterocycles. The van der Waals surface area contributed by atoms with Crippen LogP contribution >= 0.6 is 24.4 Å². The number of methoxy groups -OCH3 is 1. The SMILES string of the molecule is COc1cc(/C=N\n2c(=S)[nH][nH]c2=S)ccc1OC(=O)c1cccnc1. The van der Waals surface area contributed by atoms with Gasteiger partial charge in [0.1, 0.15) is 0 Å². The average Bonchev–Trinajstić information content (AvgIpc) is 2.99. The summed E-state index contributed by atoms with van der Waals surface area (Å²) in [4.78, 5) is 16.0. The Morgan fingerprint density at radius 3 is 2.65 bits per heavy atom. The fourth-order valence-electron chi connectivity index (χ4n) is 2.03. The van der Waals surface area contributed by atoms with Crippen LogP contribution in [-0.4, -0.2) is 39.2 Å². The first kappa shape index (κ1) is 17.7. The summed E-state index contributed by atoms with van der Waals surface area (Å²) in [6.45, 7) is 0. The number of benzene rings is 1. The van der Waals surface area contributed by atoms with Crippen LogP contribution in [0.5, 0.6) is 11.5 Å². The molecule has 0 bridgehead atoms. The van der Waals surface area contributed by atoms with Gasteiger partial charge < -0.3 is 9.47 Å². The fourth-order valence-corrected chi connectivity index (χ4v) is 2.46. The number of nitrogens with one attached hydrogen (secondary N) is 2. The van der Waals surface area contributed by atoms with Crippen molar-refractivity contribution in [3.05, 3.63) is 63.4 Å². The molecule has 0 fully saturated rings. The van der Waals surface area contributed by atoms with Crippen LogP contribution in [0.4, 0.5) is 0 Å². The Bertz CT molecular complexity index is 1040. The van der Waals surface area contributed by atoms with Gasteiger partial charge in [-0.3, -0.25) is 15.2 Å². The summed E-state index contributed by atoms with van der Waals surface area (Å²) >= 11 is 10.1. The highest BCUT2D eigenvalue weighted by atomic mass is 32.1. The molecule has 2 N–H and O–H groups in total. The van der Waals surface area contributed by atoms with Gasteiger partial charge >= 0.3 is 5.97 Å². The maximum atomic E-state index is 12.1. The Labute approximate surface area is 158 Å². The molecule has 3 aromatic rings. The maximum Gasteiger partial charge on any atom is 0.345 e. The molecule has 0 saturated heterocycles. The Balaban J connectivity index is 1.83. The molecule has 3 rings (SSSR count). The van der Waals surface area contributed by atoms with Crippen LogP contribution in [0.1, 0.15) is 15.9 Å². The van der Waals surface area contributed by atoms with Gasteiger partial charge in [0.05, 0.1) is 18.9 Å². The second-order valence-corrected chi connectivity index (χ2v) is 5.73. The summed E-state index contributed by atoms with van der Waals surface area (Å²) in [6, 6.07) is 8.29. The van der Waals surface area contributed by atoms with Crippen LogP contribution in [0.3, 0.4) is 0 Å². The van der Waals surface area contributed by atoms with Crippen LogP contribution < -0.4 is 9.47 Å². The molecule has 0 aliphatic heterocycles. The van der Waals surface area contributed by atoms with Gasteiger partial charge in [-0.05, 0) is 60.3 Å². The Morgan fingerprint density at radius 2 is 2.00 bits per heavy atom. The van der Waals surface area contributed by atoms with Gasteiger partial charge in [0.2, 0.25) is 9.54 Å². The van der Waals surface area contributed by atoms with Gasteiger partial charge in [-0.15, -0.1) is 0 Å². The Hall–Kier alpha value is -3.11. The quantitative estimate of drug-likeness (QED) is 0.302. The number of pyridine rings is 1. The molecule has 0 aliphatic carbocycles. The van der Waals surface area contributed by atoms with Crippen molar-refractivity contribution in [2.45, 2.75) is 0 Å². The largest absolute Gasteiger partial charge is 0.493 e. The van der Waals surface area contributed by atoms with Gasteiger partial charge in [0, 0.05) is 12.4 Å². The third-order valence-electron chi connectivity index (χ3n) is 3.27. The number of carbonyl (C=O) groups is 1. The Kier molecular flexibility index (Phi) is 5.34. The average molecular weight is 387 g/mol. The van der Waals surface area contributed by atoms with E-state index in [1.54, 1.807) is 42.7 Å². The van der Waals surface area contributed by atoms with Gasteiger partial charge in [-0.2, -0.15) is 9.78 Å². The molecule has 0 atom stereocenters. The van der Waals surface area contributed by atoms with Crippen molar-refractivity contribution in [1.82, 2.24) is 19.9 Å². The molecule has 1 aromatic carbocycles. The van der Waals surface area contributed by atoms with Crippen molar-refractivity contribution in [1.29, 1.82) is 0 Å². The van der Waals surface area contributed by atoms with Crippen LogP contribution in [0, 0.1) is 9.54 Å². The van der Waals surface area contributed by atoms with E-state index in [2.05, 4.69) is 20.3 Å². The number of nitrogens with zero attached hydrogens (tertiary/aromatic N) is 3. The number of aromatic amines is 2. The van der Waals surface area contributed by atoms with E-state index in [0.717, 1.165) is 0 Å². The lowest BCUT2D eigenvalue weighted by Crippen LogP contribution is -2.09. The van der Waals surface area contributed by atoms with Crippen molar-refractivity contribution in [2.24, 2.45) is 5.10 Å². The van der Waals surface area contributed by atoms with Crippen molar-refractivity contribution in [3.63, 3.8) is 0 Å². The molecule has 8 nitrogen and oxygen atoms in total. The summed E-state index contributed by atoms with van der Waals surface area (Å²) in [7, 11) is 1.48. The minimum atomic E-state index is -0.525. The lowest BCUT2D eigenvalue weighted by molar-refractivity contribution is 0.0729. The topological polar surface area (TPSA) is 97.3 Å². The minimum absolute atomic E-state index is 0.286. The third-order valence-corrected chi connectivity index (χ3v) is 3.82. The summed E-state index contributed by atoms with van der Waals surface area (Å²) in [5.74, 6) is 0.144. The predicted octanol–water partition coefficient (Wildman–Crippen LogP) is 3.11. The second-order valence-electron chi connectivity index (χ2n) is 4.96. The number of hydrogen-bond acceptors (Lipinski definition) is 7. The first-order chi connectivity index (χ1) is 12.6. The van der Waals surface area contributed by atoms with Crippen molar-refractivity contribution >= 4 is 36.6 Å². The number of carbonyl (C=O) groups excluding carboxylic acids is 1. The molecule has 0 amide bonds. The maximum absolute atomic E-state index is 12.1. The standard InChI is InChI=1S/C16H13N5O3S2/c1-23-13-7-10(8-18-21-15(25)19-20-16(21)26)4-5-12(13)24-14(22)11-3-2-6-17-9-11/h2-9H,1H3,(H,19,25)(H,20,26)/b18-8-. The number of ether oxygens (including phenoxy) is 2. The van der Waals surface area contributed by atoms with Gasteiger partial charge in [-0.1, -0.05) is 0 Å². The Morgan fingerprint density at radius 1 is 1.23 bits per heavy atom. The van der Waals surface area contributed by atoms with Gasteiger partial charge in [-0.25, -0.2) is 4.79 Å². The van der Waals surface area contributed by atoms with Crippen LogP contribution in [-0.2, 0) is 0 Å². The van der Waals surface area contributed by atoms with Crippen molar-refractivity contribution < 1.29 is 14.3 Å². The summed E-state index contributed by atoms with van der Waals surface area (Å²) < 4.78 is 12.7. The monoisotopic (exact) mass is 387 g/mol. The van der Waals surface area contributed by atoms with E-state index in [-0.39, 0.29) is 5.75 Å². The van der Waals surface area contributed by atoms with Crippen LogP contribution in [0.25, 0.3) is 0 Å². The molecule has 0 spiro atoms. The number of hydrogen-bond donors (Lipinski definition) is 2. The molecular formula is C16H13N5O3S2. The molecule has 10 heteroatoms. The number of H-pyrrole nitrogens is 2. The summed E-state index contributed by atoms with van der Waals surface area (Å²) in [5.41, 5.74) is 1.05. The normalized spacial score (nSPS) is 10.8. The third kappa shape index (κ3) is 3.92. The highest BCUT2D eigenvalue weighted by Crippen LogP contribution is 2.28. The van der Waals surface area contributed by atoms with E-state index in [1.165, 1.54) is 18.0 Å². The van der Waals surface area contributed by atoms with E-state index < -0.39 is 5.97 Å². The zero-order chi connectivity index (χ0) is 18.5. The lowest BCUT2D eigenvalue weighted by Gasteiger charge is -2.09. The first-order valence-electron chi connectivity index (χ1n) is 7.33. The molecular weight excluding hydrogens is 374 g/mol. The van der Waals surface area contributed by atoms with E-state index in [4.69, 9.17) is 33.9 Å². The van der Waals surface area contributed by atoms with E-state index in [0.29, 0.717) is 26.4 Å². The molecule has 0 saturated carbocycles. The lowest BCUT2D eigenvalue weighted by atomic mass is 10.2. The first-order valence-corrected chi connectivity index (χ1v) is 8.14. The molecule has 2 heterocycles. The fraction of sp³-hybridized carbons (Fsp3) is 0.0625. The number of esters is 1. The minimum Gasteiger partial charge on any atom is -0.493 e. The molecule has 0 unspecified atom stereocenters. The zero-order valence-corrected chi connectivity index (χ0v) is 15.1. The van der Waals surface area contributed by atoms with Crippen molar-refractivity contribution in [3.8, 4) is 11.5 Å².